The Bertz CT molecular complexity index is 651. The van der Waals surface area contributed by atoms with Gasteiger partial charge in [-0.2, -0.15) is 5.10 Å². The van der Waals surface area contributed by atoms with Crippen molar-refractivity contribution < 1.29 is 4.79 Å². The zero-order chi connectivity index (χ0) is 16.1. The van der Waals surface area contributed by atoms with Gasteiger partial charge in [0.05, 0.1) is 11.4 Å². The standard InChI is InChI=1S/C17H22N4O/c1-11-5-7-15(8-6-11)12(2)18-21-17(22)10-9-16-13(3)19-20-14(16)4/h5-8,18H,2,9-10H2,1,3-4H3,(H,19,20)(H,21,22). The molecule has 0 aliphatic carbocycles. The summed E-state index contributed by atoms with van der Waals surface area (Å²) in [6, 6.07) is 7.95. The number of hydrogen-bond acceptors (Lipinski definition) is 3. The monoisotopic (exact) mass is 298 g/mol. The number of aryl methyl sites for hydroxylation is 3. The van der Waals surface area contributed by atoms with E-state index in [-0.39, 0.29) is 5.91 Å². The molecule has 22 heavy (non-hydrogen) atoms. The summed E-state index contributed by atoms with van der Waals surface area (Å²) in [5, 5.41) is 7.05. The fraction of sp³-hybridized carbons (Fsp3) is 0.294. The van der Waals surface area contributed by atoms with Crippen molar-refractivity contribution in [2.24, 2.45) is 0 Å². The van der Waals surface area contributed by atoms with Crippen LogP contribution in [-0.2, 0) is 11.2 Å². The molecule has 0 bridgehead atoms. The molecule has 0 aliphatic rings. The third kappa shape index (κ3) is 3.97. The number of hydrazine groups is 1. The molecule has 3 N–H and O–H groups in total. The van der Waals surface area contributed by atoms with Gasteiger partial charge in [0, 0.05) is 12.1 Å². The number of amides is 1. The number of benzene rings is 1. The maximum absolute atomic E-state index is 11.9. The number of carbonyl (C=O) groups is 1. The van der Waals surface area contributed by atoms with E-state index in [1.165, 1.54) is 5.56 Å². The van der Waals surface area contributed by atoms with Gasteiger partial charge < -0.3 is 0 Å². The van der Waals surface area contributed by atoms with Gasteiger partial charge in [-0.3, -0.25) is 20.7 Å². The molecular formula is C17H22N4O. The number of aromatic amines is 1. The van der Waals surface area contributed by atoms with Gasteiger partial charge >= 0.3 is 0 Å². The summed E-state index contributed by atoms with van der Waals surface area (Å²) in [6.07, 6.45) is 1.06. The molecule has 5 heteroatoms. The van der Waals surface area contributed by atoms with Crippen molar-refractivity contribution in [2.45, 2.75) is 33.6 Å². The SMILES string of the molecule is C=C(NNC(=O)CCc1c(C)n[nH]c1C)c1ccc(C)cc1. The second kappa shape index (κ2) is 6.93. The van der Waals surface area contributed by atoms with E-state index in [2.05, 4.69) is 27.6 Å². The quantitative estimate of drug-likeness (QED) is 0.718. The lowest BCUT2D eigenvalue weighted by Gasteiger charge is -2.11. The lowest BCUT2D eigenvalue weighted by atomic mass is 10.1. The van der Waals surface area contributed by atoms with Crippen molar-refractivity contribution in [1.82, 2.24) is 21.0 Å². The molecule has 5 nitrogen and oxygen atoms in total. The summed E-state index contributed by atoms with van der Waals surface area (Å²) in [5.74, 6) is -0.0757. The fourth-order valence-corrected chi connectivity index (χ4v) is 2.22. The van der Waals surface area contributed by atoms with Gasteiger partial charge in [-0.25, -0.2) is 0 Å². The summed E-state index contributed by atoms with van der Waals surface area (Å²) >= 11 is 0. The minimum atomic E-state index is -0.0757. The predicted molar refractivity (Wildman–Crippen MR) is 87.9 cm³/mol. The number of H-pyrrole nitrogens is 1. The maximum atomic E-state index is 11.9. The van der Waals surface area contributed by atoms with Gasteiger partial charge in [0.15, 0.2) is 0 Å². The number of rotatable bonds is 6. The van der Waals surface area contributed by atoms with Crippen LogP contribution < -0.4 is 10.9 Å². The minimum Gasteiger partial charge on any atom is -0.299 e. The van der Waals surface area contributed by atoms with Crippen LogP contribution in [0.4, 0.5) is 0 Å². The molecule has 1 aromatic carbocycles. The van der Waals surface area contributed by atoms with Crippen molar-refractivity contribution in [3.63, 3.8) is 0 Å². The largest absolute Gasteiger partial charge is 0.299 e. The Balaban J connectivity index is 1.80. The number of nitrogens with one attached hydrogen (secondary N) is 3. The smallest absolute Gasteiger partial charge is 0.238 e. The Hall–Kier alpha value is -2.56. The minimum absolute atomic E-state index is 0.0757. The molecule has 1 aromatic heterocycles. The lowest BCUT2D eigenvalue weighted by molar-refractivity contribution is -0.121. The van der Waals surface area contributed by atoms with Crippen LogP contribution >= 0.6 is 0 Å². The molecule has 0 saturated heterocycles. The molecule has 2 aromatic rings. The first-order valence-electron chi connectivity index (χ1n) is 7.28. The van der Waals surface area contributed by atoms with Crippen LogP contribution in [-0.4, -0.2) is 16.1 Å². The number of carbonyl (C=O) groups excluding carboxylic acids is 1. The summed E-state index contributed by atoms with van der Waals surface area (Å²) in [5.41, 5.74) is 11.4. The summed E-state index contributed by atoms with van der Waals surface area (Å²) in [7, 11) is 0. The first kappa shape index (κ1) is 15.8. The zero-order valence-corrected chi connectivity index (χ0v) is 13.3. The molecule has 0 atom stereocenters. The molecule has 0 fully saturated rings. The van der Waals surface area contributed by atoms with Crippen LogP contribution in [0.15, 0.2) is 30.8 Å². The van der Waals surface area contributed by atoms with E-state index in [9.17, 15) is 4.79 Å². The van der Waals surface area contributed by atoms with Crippen LogP contribution in [0.3, 0.4) is 0 Å². The predicted octanol–water partition coefficient (Wildman–Crippen LogP) is 2.56. The average Bonchev–Trinajstić information content (AvgIpc) is 2.82. The lowest BCUT2D eigenvalue weighted by Crippen LogP contribution is -2.36. The van der Waals surface area contributed by atoms with Crippen LogP contribution in [0.2, 0.25) is 0 Å². The highest BCUT2D eigenvalue weighted by molar-refractivity contribution is 5.77. The third-order valence-electron chi connectivity index (χ3n) is 3.64. The maximum Gasteiger partial charge on any atom is 0.238 e. The highest BCUT2D eigenvalue weighted by Crippen LogP contribution is 2.12. The molecule has 0 radical (unpaired) electrons. The molecule has 1 heterocycles. The van der Waals surface area contributed by atoms with Crippen molar-refractivity contribution in [3.8, 4) is 0 Å². The van der Waals surface area contributed by atoms with Crippen molar-refractivity contribution in [3.05, 3.63) is 58.9 Å². The Morgan fingerprint density at radius 3 is 2.45 bits per heavy atom. The van der Waals surface area contributed by atoms with Gasteiger partial charge in [0.25, 0.3) is 0 Å². The molecule has 0 spiro atoms. The van der Waals surface area contributed by atoms with Gasteiger partial charge in [0.1, 0.15) is 0 Å². The second-order valence-electron chi connectivity index (χ2n) is 5.43. The first-order valence-corrected chi connectivity index (χ1v) is 7.28. The van der Waals surface area contributed by atoms with Crippen molar-refractivity contribution >= 4 is 11.6 Å². The second-order valence-corrected chi connectivity index (χ2v) is 5.43. The Morgan fingerprint density at radius 2 is 1.86 bits per heavy atom. The van der Waals surface area contributed by atoms with Crippen molar-refractivity contribution in [2.75, 3.05) is 0 Å². The number of nitrogens with zero attached hydrogens (tertiary/aromatic N) is 1. The van der Waals surface area contributed by atoms with Crippen LogP contribution in [0.25, 0.3) is 5.70 Å². The molecule has 1 amide bonds. The molecule has 116 valence electrons. The van der Waals surface area contributed by atoms with Crippen LogP contribution in [0.5, 0.6) is 0 Å². The topological polar surface area (TPSA) is 69.8 Å². The molecule has 0 unspecified atom stereocenters. The van der Waals surface area contributed by atoms with Gasteiger partial charge in [-0.05, 0) is 38.3 Å². The van der Waals surface area contributed by atoms with Crippen LogP contribution in [0, 0.1) is 20.8 Å². The summed E-state index contributed by atoms with van der Waals surface area (Å²) in [4.78, 5) is 11.9. The van der Waals surface area contributed by atoms with E-state index in [4.69, 9.17) is 0 Å². The average molecular weight is 298 g/mol. The first-order chi connectivity index (χ1) is 10.5. The van der Waals surface area contributed by atoms with E-state index >= 15 is 0 Å². The number of hydrogen-bond donors (Lipinski definition) is 3. The van der Waals surface area contributed by atoms with E-state index in [0.717, 1.165) is 22.5 Å². The molecule has 0 saturated carbocycles. The Labute approximate surface area is 130 Å². The van der Waals surface area contributed by atoms with Crippen molar-refractivity contribution in [1.29, 1.82) is 0 Å². The summed E-state index contributed by atoms with van der Waals surface area (Å²) < 4.78 is 0. The highest BCUT2D eigenvalue weighted by Gasteiger charge is 2.09. The van der Waals surface area contributed by atoms with Crippen LogP contribution in [0.1, 0.15) is 34.5 Å². The molecule has 2 rings (SSSR count). The molecular weight excluding hydrogens is 276 g/mol. The van der Waals surface area contributed by atoms with Gasteiger partial charge in [-0.1, -0.05) is 36.4 Å². The molecule has 0 aliphatic heterocycles. The van der Waals surface area contributed by atoms with E-state index in [1.807, 2.05) is 45.0 Å². The Kier molecular flexibility index (Phi) is 4.99. The van der Waals surface area contributed by atoms with Gasteiger partial charge in [0.2, 0.25) is 5.91 Å². The Morgan fingerprint density at radius 1 is 1.18 bits per heavy atom. The normalized spacial score (nSPS) is 10.3. The van der Waals surface area contributed by atoms with E-state index in [0.29, 0.717) is 18.5 Å². The highest BCUT2D eigenvalue weighted by atomic mass is 16.2. The third-order valence-corrected chi connectivity index (χ3v) is 3.64. The van der Waals surface area contributed by atoms with E-state index < -0.39 is 0 Å². The zero-order valence-electron chi connectivity index (χ0n) is 13.3. The van der Waals surface area contributed by atoms with E-state index in [1.54, 1.807) is 0 Å². The number of aromatic nitrogens is 2. The van der Waals surface area contributed by atoms with Gasteiger partial charge in [-0.15, -0.1) is 0 Å². The fourth-order valence-electron chi connectivity index (χ4n) is 2.22. The summed E-state index contributed by atoms with van der Waals surface area (Å²) in [6.45, 7) is 9.86.